The van der Waals surface area contributed by atoms with E-state index in [1.165, 1.54) is 37.2 Å². The summed E-state index contributed by atoms with van der Waals surface area (Å²) < 4.78 is 0. The van der Waals surface area contributed by atoms with Crippen molar-refractivity contribution in [1.29, 1.82) is 0 Å². The molecule has 2 rings (SSSR count). The quantitative estimate of drug-likeness (QED) is 0.806. The van der Waals surface area contributed by atoms with Crippen LogP contribution in [0.5, 0.6) is 0 Å². The second kappa shape index (κ2) is 7.32. The van der Waals surface area contributed by atoms with E-state index in [4.69, 9.17) is 0 Å². The fraction of sp³-hybridized carbons (Fsp3) is 0.625. The van der Waals surface area contributed by atoms with Crippen LogP contribution in [-0.4, -0.2) is 43.1 Å². The van der Waals surface area contributed by atoms with E-state index >= 15 is 0 Å². The summed E-state index contributed by atoms with van der Waals surface area (Å²) in [5.74, 6) is 1.29. The number of benzene rings is 1. The van der Waals surface area contributed by atoms with Gasteiger partial charge in [-0.2, -0.15) is 11.8 Å². The Kier molecular flexibility index (Phi) is 5.74. The third kappa shape index (κ3) is 4.23. The Hall–Kier alpha value is -0.510. The standard InChI is InChI=1S/C16H26N2S/c1-16(15-8-4-3-5-9-15)14-18(12-10-17-16)11-6-7-13-19-2/h3-5,8-9,17H,6-7,10-14H2,1-2H3. The summed E-state index contributed by atoms with van der Waals surface area (Å²) in [5.41, 5.74) is 1.52. The first-order valence-corrected chi connectivity index (χ1v) is 8.66. The van der Waals surface area contributed by atoms with Gasteiger partial charge in [0.2, 0.25) is 0 Å². The van der Waals surface area contributed by atoms with Crippen LogP contribution in [0.1, 0.15) is 25.3 Å². The highest BCUT2D eigenvalue weighted by atomic mass is 32.2. The third-order valence-electron chi connectivity index (χ3n) is 3.97. The third-order valence-corrected chi connectivity index (χ3v) is 4.66. The lowest BCUT2D eigenvalue weighted by atomic mass is 9.89. The molecule has 1 fully saturated rings. The lowest BCUT2D eigenvalue weighted by molar-refractivity contribution is 0.141. The molecule has 1 aliphatic rings. The molecule has 106 valence electrons. The molecule has 2 nitrogen and oxygen atoms in total. The van der Waals surface area contributed by atoms with Crippen LogP contribution in [0.25, 0.3) is 0 Å². The topological polar surface area (TPSA) is 15.3 Å². The molecule has 1 aromatic carbocycles. The molecule has 1 aliphatic heterocycles. The minimum atomic E-state index is 0.110. The molecule has 1 heterocycles. The van der Waals surface area contributed by atoms with Gasteiger partial charge in [-0.3, -0.25) is 4.90 Å². The predicted molar refractivity (Wildman–Crippen MR) is 85.9 cm³/mol. The molecule has 1 aromatic rings. The molecule has 3 heteroatoms. The van der Waals surface area contributed by atoms with E-state index < -0.39 is 0 Å². The Labute approximate surface area is 122 Å². The van der Waals surface area contributed by atoms with Gasteiger partial charge in [0.05, 0.1) is 5.54 Å². The van der Waals surface area contributed by atoms with Gasteiger partial charge < -0.3 is 5.32 Å². The molecule has 0 aliphatic carbocycles. The van der Waals surface area contributed by atoms with Gasteiger partial charge >= 0.3 is 0 Å². The van der Waals surface area contributed by atoms with Gasteiger partial charge in [0.1, 0.15) is 0 Å². The van der Waals surface area contributed by atoms with E-state index in [0.717, 1.165) is 13.1 Å². The van der Waals surface area contributed by atoms with Gasteiger partial charge in [-0.15, -0.1) is 0 Å². The van der Waals surface area contributed by atoms with Crippen LogP contribution < -0.4 is 5.32 Å². The molecular weight excluding hydrogens is 252 g/mol. The van der Waals surface area contributed by atoms with E-state index in [2.05, 4.69) is 53.7 Å². The molecule has 0 radical (unpaired) electrons. The number of unbranched alkanes of at least 4 members (excludes halogenated alkanes) is 1. The largest absolute Gasteiger partial charge is 0.305 e. The number of rotatable bonds is 6. The second-order valence-electron chi connectivity index (χ2n) is 5.60. The maximum Gasteiger partial charge on any atom is 0.0535 e. The Bertz CT molecular complexity index is 368. The van der Waals surface area contributed by atoms with Crippen molar-refractivity contribution >= 4 is 11.8 Å². The van der Waals surface area contributed by atoms with Crippen molar-refractivity contribution < 1.29 is 0 Å². The van der Waals surface area contributed by atoms with Crippen LogP contribution in [0, 0.1) is 0 Å². The molecule has 0 saturated carbocycles. The molecule has 0 bridgehead atoms. The Morgan fingerprint density at radius 3 is 2.79 bits per heavy atom. The number of hydrogen-bond acceptors (Lipinski definition) is 3. The van der Waals surface area contributed by atoms with E-state index in [-0.39, 0.29) is 5.54 Å². The minimum Gasteiger partial charge on any atom is -0.305 e. The van der Waals surface area contributed by atoms with E-state index in [9.17, 15) is 0 Å². The molecule has 19 heavy (non-hydrogen) atoms. The molecule has 1 N–H and O–H groups in total. The predicted octanol–water partition coefficient (Wildman–Crippen LogP) is 2.95. The number of nitrogens with one attached hydrogen (secondary N) is 1. The summed E-state index contributed by atoms with van der Waals surface area (Å²) in [5, 5.41) is 3.70. The van der Waals surface area contributed by atoms with Crippen LogP contribution in [0.4, 0.5) is 0 Å². The van der Waals surface area contributed by atoms with E-state index in [1.807, 2.05) is 11.8 Å². The van der Waals surface area contributed by atoms with Gasteiger partial charge in [-0.1, -0.05) is 30.3 Å². The van der Waals surface area contributed by atoms with Crippen LogP contribution in [0.3, 0.4) is 0 Å². The average molecular weight is 278 g/mol. The molecular formula is C16H26N2S. The first kappa shape index (κ1) is 14.9. The molecule has 1 unspecified atom stereocenters. The summed E-state index contributed by atoms with van der Waals surface area (Å²) in [6.07, 6.45) is 4.86. The van der Waals surface area contributed by atoms with Crippen molar-refractivity contribution in [1.82, 2.24) is 10.2 Å². The van der Waals surface area contributed by atoms with Gasteiger partial charge in [-0.05, 0) is 43.9 Å². The van der Waals surface area contributed by atoms with Crippen molar-refractivity contribution in [3.63, 3.8) is 0 Å². The van der Waals surface area contributed by atoms with Crippen LogP contribution in [0.2, 0.25) is 0 Å². The Balaban J connectivity index is 1.89. The summed E-state index contributed by atoms with van der Waals surface area (Å²) >= 11 is 1.95. The second-order valence-corrected chi connectivity index (χ2v) is 6.59. The summed E-state index contributed by atoms with van der Waals surface area (Å²) in [7, 11) is 0. The summed E-state index contributed by atoms with van der Waals surface area (Å²) in [6.45, 7) is 6.97. The Morgan fingerprint density at radius 1 is 1.26 bits per heavy atom. The number of piperazine rings is 1. The highest BCUT2D eigenvalue weighted by Crippen LogP contribution is 2.24. The highest BCUT2D eigenvalue weighted by molar-refractivity contribution is 7.98. The zero-order chi connectivity index (χ0) is 13.6. The number of hydrogen-bond donors (Lipinski definition) is 1. The lowest BCUT2D eigenvalue weighted by Gasteiger charge is -2.42. The fourth-order valence-electron chi connectivity index (χ4n) is 2.84. The number of nitrogens with zero attached hydrogens (tertiary/aromatic N) is 1. The van der Waals surface area contributed by atoms with Gasteiger partial charge in [-0.25, -0.2) is 0 Å². The van der Waals surface area contributed by atoms with Gasteiger partial charge in [0.25, 0.3) is 0 Å². The fourth-order valence-corrected chi connectivity index (χ4v) is 3.34. The van der Waals surface area contributed by atoms with Crippen molar-refractivity contribution in [3.05, 3.63) is 35.9 Å². The Morgan fingerprint density at radius 2 is 2.05 bits per heavy atom. The number of thioether (sulfide) groups is 1. The maximum atomic E-state index is 3.70. The smallest absolute Gasteiger partial charge is 0.0535 e. The van der Waals surface area contributed by atoms with Crippen LogP contribution >= 0.6 is 11.8 Å². The zero-order valence-electron chi connectivity index (χ0n) is 12.2. The monoisotopic (exact) mass is 278 g/mol. The van der Waals surface area contributed by atoms with Gasteiger partial charge in [0, 0.05) is 19.6 Å². The minimum absolute atomic E-state index is 0.110. The van der Waals surface area contributed by atoms with Crippen molar-refractivity contribution in [3.8, 4) is 0 Å². The van der Waals surface area contributed by atoms with Crippen molar-refractivity contribution in [2.75, 3.05) is 38.2 Å². The van der Waals surface area contributed by atoms with Crippen LogP contribution in [-0.2, 0) is 5.54 Å². The van der Waals surface area contributed by atoms with Crippen molar-refractivity contribution in [2.24, 2.45) is 0 Å². The normalized spacial score (nSPS) is 24.5. The molecule has 1 atom stereocenters. The molecule has 1 saturated heterocycles. The van der Waals surface area contributed by atoms with E-state index in [1.54, 1.807) is 0 Å². The SMILES string of the molecule is CSCCCCN1CCNC(C)(c2ccccc2)C1. The summed E-state index contributed by atoms with van der Waals surface area (Å²) in [4.78, 5) is 2.61. The first-order chi connectivity index (χ1) is 9.24. The molecule has 0 spiro atoms. The van der Waals surface area contributed by atoms with Crippen molar-refractivity contribution in [2.45, 2.75) is 25.3 Å². The van der Waals surface area contributed by atoms with E-state index in [0.29, 0.717) is 0 Å². The van der Waals surface area contributed by atoms with Crippen LogP contribution in [0.15, 0.2) is 30.3 Å². The van der Waals surface area contributed by atoms with Gasteiger partial charge in [0.15, 0.2) is 0 Å². The zero-order valence-corrected chi connectivity index (χ0v) is 13.0. The molecule has 0 amide bonds. The maximum absolute atomic E-state index is 3.70. The lowest BCUT2D eigenvalue weighted by Crippen LogP contribution is -2.56. The average Bonchev–Trinajstić information content (AvgIpc) is 2.45. The summed E-state index contributed by atoms with van der Waals surface area (Å²) in [6, 6.07) is 10.9. The highest BCUT2D eigenvalue weighted by Gasteiger charge is 2.31. The first-order valence-electron chi connectivity index (χ1n) is 7.26. The molecule has 0 aromatic heterocycles.